The number of carbonyl (C=O) groups excluding carboxylic acids is 3. The topological polar surface area (TPSA) is 121 Å². The van der Waals surface area contributed by atoms with Gasteiger partial charge in [0, 0.05) is 12.6 Å². The molecule has 1 aromatic rings. The molecule has 4 amide bonds. The van der Waals surface area contributed by atoms with E-state index >= 15 is 0 Å². The molecule has 1 aromatic carbocycles. The molecule has 3 rings (SSSR count). The second-order valence-corrected chi connectivity index (χ2v) is 8.38. The zero-order valence-corrected chi connectivity index (χ0v) is 15.3. The second-order valence-electron chi connectivity index (χ2n) is 6.65. The number of aryl methyl sites for hydroxylation is 2. The van der Waals surface area contributed by atoms with Gasteiger partial charge in [0.2, 0.25) is 21.8 Å². The van der Waals surface area contributed by atoms with Crippen LogP contribution in [0, 0.1) is 0 Å². The van der Waals surface area contributed by atoms with E-state index in [1.54, 1.807) is 0 Å². The van der Waals surface area contributed by atoms with Gasteiger partial charge < -0.3 is 5.32 Å². The fourth-order valence-corrected chi connectivity index (χ4v) is 4.51. The molecule has 0 saturated heterocycles. The fraction of sp³-hybridized carbons (Fsp3) is 0.471. The van der Waals surface area contributed by atoms with Crippen molar-refractivity contribution in [3.05, 3.63) is 28.3 Å². The van der Waals surface area contributed by atoms with Crippen LogP contribution in [0.1, 0.15) is 42.0 Å². The largest absolute Gasteiger partial charge is 0.332 e. The van der Waals surface area contributed by atoms with Crippen molar-refractivity contribution in [1.29, 1.82) is 0 Å². The van der Waals surface area contributed by atoms with E-state index in [2.05, 4.69) is 11.4 Å². The van der Waals surface area contributed by atoms with E-state index in [9.17, 15) is 22.8 Å². The predicted molar refractivity (Wildman–Crippen MR) is 95.3 cm³/mol. The first kappa shape index (κ1) is 18.4. The van der Waals surface area contributed by atoms with Crippen molar-refractivity contribution in [2.45, 2.75) is 45.4 Å². The third kappa shape index (κ3) is 4.04. The van der Waals surface area contributed by atoms with E-state index in [1.807, 2.05) is 10.0 Å². The Morgan fingerprint density at radius 1 is 1.00 bits per heavy atom. The van der Waals surface area contributed by atoms with Crippen LogP contribution in [0.5, 0.6) is 0 Å². The third-order valence-corrected chi connectivity index (χ3v) is 5.73. The van der Waals surface area contributed by atoms with Crippen molar-refractivity contribution in [2.75, 3.05) is 11.1 Å². The van der Waals surface area contributed by atoms with E-state index in [-0.39, 0.29) is 0 Å². The number of sulfonamides is 1. The van der Waals surface area contributed by atoms with Gasteiger partial charge in [-0.25, -0.2) is 17.9 Å². The van der Waals surface area contributed by atoms with Crippen LogP contribution in [-0.2, 0) is 45.3 Å². The Morgan fingerprint density at radius 2 is 1.58 bits per heavy atom. The molecular weight excluding hydrogens is 358 g/mol. The maximum Gasteiger partial charge on any atom is 0.332 e. The molecule has 2 aliphatic carbocycles. The summed E-state index contributed by atoms with van der Waals surface area (Å²) in [5.74, 6) is -2.64. The summed E-state index contributed by atoms with van der Waals surface area (Å²) >= 11 is 0. The van der Waals surface area contributed by atoms with Gasteiger partial charge in [0.1, 0.15) is 5.75 Å². The molecule has 3 N–H and O–H groups in total. The number of benzene rings is 1. The monoisotopic (exact) mass is 379 g/mol. The van der Waals surface area contributed by atoms with Gasteiger partial charge in [0.15, 0.2) is 0 Å². The number of anilines is 1. The van der Waals surface area contributed by atoms with E-state index < -0.39 is 33.6 Å². The highest BCUT2D eigenvalue weighted by Gasteiger charge is 2.26. The maximum atomic E-state index is 12.2. The van der Waals surface area contributed by atoms with Gasteiger partial charge in [0.05, 0.1) is 0 Å². The number of amides is 4. The predicted octanol–water partition coefficient (Wildman–Crippen LogP) is 0.778. The Morgan fingerprint density at radius 3 is 2.12 bits per heavy atom. The lowest BCUT2D eigenvalue weighted by molar-refractivity contribution is -0.127. The molecule has 0 saturated carbocycles. The summed E-state index contributed by atoms with van der Waals surface area (Å²) < 4.78 is 25.7. The van der Waals surface area contributed by atoms with Gasteiger partial charge >= 0.3 is 6.03 Å². The molecule has 0 unspecified atom stereocenters. The molecule has 0 atom stereocenters. The van der Waals surface area contributed by atoms with E-state index in [0.717, 1.165) is 56.6 Å². The summed E-state index contributed by atoms with van der Waals surface area (Å²) in [6, 6.07) is 1.31. The van der Waals surface area contributed by atoms with Crippen LogP contribution in [0.4, 0.5) is 10.5 Å². The fourth-order valence-electron chi connectivity index (χ4n) is 3.69. The first-order valence-corrected chi connectivity index (χ1v) is 10.2. The lowest BCUT2D eigenvalue weighted by atomic mass is 9.99. The molecule has 0 aliphatic heterocycles. The summed E-state index contributed by atoms with van der Waals surface area (Å²) in [6.45, 7) is 1.10. The quantitative estimate of drug-likeness (QED) is 0.714. The molecule has 0 radical (unpaired) electrons. The molecule has 0 aromatic heterocycles. The molecule has 2 aliphatic rings. The van der Waals surface area contributed by atoms with Crippen LogP contribution in [-0.4, -0.2) is 32.0 Å². The SMILES string of the molecule is CC(=O)NC(=O)CS(=O)(=O)NC(=O)Nc1c2c(cc3c1CCC3)CCC2. The Labute approximate surface area is 151 Å². The molecule has 0 bridgehead atoms. The highest BCUT2D eigenvalue weighted by atomic mass is 32.2. The number of hydrogen-bond donors (Lipinski definition) is 3. The highest BCUT2D eigenvalue weighted by molar-refractivity contribution is 7.90. The van der Waals surface area contributed by atoms with Gasteiger partial charge in [-0.2, -0.15) is 0 Å². The lowest BCUT2D eigenvalue weighted by Gasteiger charge is -2.16. The number of imide groups is 1. The van der Waals surface area contributed by atoms with Crippen molar-refractivity contribution in [3.8, 4) is 0 Å². The Bertz CT molecular complexity index is 860. The van der Waals surface area contributed by atoms with E-state index in [4.69, 9.17) is 0 Å². The van der Waals surface area contributed by atoms with Crippen molar-refractivity contribution in [1.82, 2.24) is 10.0 Å². The maximum absolute atomic E-state index is 12.2. The number of carbonyl (C=O) groups is 3. The van der Waals surface area contributed by atoms with Gasteiger partial charge in [-0.15, -0.1) is 0 Å². The van der Waals surface area contributed by atoms with Crippen molar-refractivity contribution < 1.29 is 22.8 Å². The number of rotatable bonds is 4. The van der Waals surface area contributed by atoms with Gasteiger partial charge in [0.25, 0.3) is 0 Å². The average molecular weight is 379 g/mol. The molecule has 26 heavy (non-hydrogen) atoms. The molecule has 0 fully saturated rings. The average Bonchev–Trinajstić information content (AvgIpc) is 3.12. The van der Waals surface area contributed by atoms with Gasteiger partial charge in [-0.1, -0.05) is 6.07 Å². The normalized spacial score (nSPS) is 15.1. The zero-order chi connectivity index (χ0) is 18.9. The van der Waals surface area contributed by atoms with Crippen LogP contribution in [0.2, 0.25) is 0 Å². The van der Waals surface area contributed by atoms with E-state index in [0.29, 0.717) is 5.69 Å². The van der Waals surface area contributed by atoms with Crippen molar-refractivity contribution >= 4 is 33.6 Å². The first-order valence-electron chi connectivity index (χ1n) is 8.53. The Hall–Kier alpha value is -2.42. The third-order valence-electron chi connectivity index (χ3n) is 4.60. The van der Waals surface area contributed by atoms with E-state index in [1.165, 1.54) is 11.1 Å². The van der Waals surface area contributed by atoms with Crippen molar-refractivity contribution in [2.24, 2.45) is 0 Å². The molecular formula is C17H21N3O5S. The number of hydrogen-bond acceptors (Lipinski definition) is 5. The summed E-state index contributed by atoms with van der Waals surface area (Å²) in [5.41, 5.74) is 5.29. The Balaban J connectivity index is 1.73. The minimum Gasteiger partial charge on any atom is -0.307 e. The number of nitrogens with one attached hydrogen (secondary N) is 3. The molecule has 0 spiro atoms. The molecule has 8 nitrogen and oxygen atoms in total. The van der Waals surface area contributed by atoms with Gasteiger partial charge in [-0.05, 0) is 60.8 Å². The summed E-state index contributed by atoms with van der Waals surface area (Å²) in [4.78, 5) is 34.5. The minimum absolute atomic E-state index is 0.662. The van der Waals surface area contributed by atoms with Crippen LogP contribution in [0.3, 0.4) is 0 Å². The van der Waals surface area contributed by atoms with Crippen LogP contribution < -0.4 is 15.4 Å². The Kier molecular flexibility index (Phi) is 4.99. The smallest absolute Gasteiger partial charge is 0.307 e. The molecule has 9 heteroatoms. The summed E-state index contributed by atoms with van der Waals surface area (Å²) in [6.07, 6.45) is 5.65. The number of urea groups is 1. The number of fused-ring (bicyclic) bond motifs is 2. The molecule has 0 heterocycles. The van der Waals surface area contributed by atoms with Gasteiger partial charge in [-0.3, -0.25) is 14.9 Å². The lowest BCUT2D eigenvalue weighted by Crippen LogP contribution is -2.42. The van der Waals surface area contributed by atoms with Crippen LogP contribution in [0.25, 0.3) is 0 Å². The van der Waals surface area contributed by atoms with Crippen LogP contribution in [0.15, 0.2) is 6.07 Å². The standard InChI is InChI=1S/C17H21N3O5S/c1-10(21)18-15(22)9-26(24,25)20-17(23)19-16-13-6-2-4-11(13)8-12-5-3-7-14(12)16/h8H,2-7,9H2,1H3,(H,18,21,22)(H2,19,20,23). The zero-order valence-electron chi connectivity index (χ0n) is 14.5. The minimum atomic E-state index is -4.20. The van der Waals surface area contributed by atoms with Crippen molar-refractivity contribution in [3.63, 3.8) is 0 Å². The second kappa shape index (κ2) is 7.06. The molecule has 140 valence electrons. The van der Waals surface area contributed by atoms with Crippen LogP contribution >= 0.6 is 0 Å². The summed E-state index contributed by atoms with van der Waals surface area (Å²) in [7, 11) is -4.20. The summed E-state index contributed by atoms with van der Waals surface area (Å²) in [5, 5.41) is 4.55. The first-order chi connectivity index (χ1) is 12.2. The highest BCUT2D eigenvalue weighted by Crippen LogP contribution is 2.38.